The molecule has 0 radical (unpaired) electrons. The van der Waals surface area contributed by atoms with Crippen molar-refractivity contribution in [1.29, 1.82) is 0 Å². The number of carbonyl (C=O) groups is 1. The number of nitrogens with zero attached hydrogens (tertiary/aromatic N) is 4. The number of amides is 1. The van der Waals surface area contributed by atoms with Crippen molar-refractivity contribution in [2.45, 2.75) is 38.3 Å². The van der Waals surface area contributed by atoms with Crippen LogP contribution in [0.1, 0.15) is 35.7 Å². The van der Waals surface area contributed by atoms with Crippen LogP contribution in [0.4, 0.5) is 11.5 Å². The molecule has 4 heterocycles. The highest BCUT2D eigenvalue weighted by Gasteiger charge is 2.34. The average molecular weight is 606 g/mol. The van der Waals surface area contributed by atoms with E-state index >= 15 is 0 Å². The number of benzene rings is 1. The molecule has 160 valence electrons. The molecule has 1 amide bonds. The van der Waals surface area contributed by atoms with Gasteiger partial charge < -0.3 is 14.5 Å². The summed E-state index contributed by atoms with van der Waals surface area (Å²) < 4.78 is 9.28. The van der Waals surface area contributed by atoms with Gasteiger partial charge in [0.05, 0.1) is 28.6 Å². The molecule has 30 heavy (non-hydrogen) atoms. The number of rotatable bonds is 3. The first kappa shape index (κ1) is 21.0. The fourth-order valence-corrected chi connectivity index (χ4v) is 5.90. The highest BCUT2D eigenvalue weighted by Crippen LogP contribution is 2.43. The molecule has 3 aliphatic heterocycles. The minimum atomic E-state index is 0.190. The zero-order valence-electron chi connectivity index (χ0n) is 16.5. The van der Waals surface area contributed by atoms with Crippen LogP contribution in [0.3, 0.4) is 0 Å². The molecule has 0 saturated carbocycles. The lowest BCUT2D eigenvalue weighted by Gasteiger charge is -2.33. The maximum absolute atomic E-state index is 12.4. The van der Waals surface area contributed by atoms with Crippen molar-refractivity contribution >= 4 is 67.5 Å². The Labute approximate surface area is 203 Å². The maximum atomic E-state index is 12.4. The molecule has 0 N–H and O–H groups in total. The molecule has 0 bridgehead atoms. The van der Waals surface area contributed by atoms with Crippen molar-refractivity contribution in [1.82, 2.24) is 14.7 Å². The molecular formula is C21H23BrClIN4O2. The fourth-order valence-electron chi connectivity index (χ4n) is 4.79. The summed E-state index contributed by atoms with van der Waals surface area (Å²) in [4.78, 5) is 16.7. The first-order valence-electron chi connectivity index (χ1n) is 10.3. The summed E-state index contributed by atoms with van der Waals surface area (Å²) in [6.45, 7) is 3.76. The van der Waals surface area contributed by atoms with E-state index in [1.165, 1.54) is 16.8 Å². The molecule has 0 aliphatic carbocycles. The topological polar surface area (TPSA) is 50.6 Å². The fraction of sp³-hybridized carbons (Fsp3) is 0.524. The molecule has 1 aromatic carbocycles. The molecule has 1 saturated heterocycles. The standard InChI is InChI=1S/C21H23BrClIN4O2/c22-16-3-4-17-14(20(16)23)2-1-7-27(17)21-15-11-26(19(29)10-24)8-5-18(15)28(25-21)13-6-9-30-12-13/h3-4,13H,1-2,5-12H2/t13-/m0/s1. The van der Waals surface area contributed by atoms with Crippen LogP contribution in [0.15, 0.2) is 16.6 Å². The summed E-state index contributed by atoms with van der Waals surface area (Å²) in [7, 11) is 0. The van der Waals surface area contributed by atoms with E-state index in [9.17, 15) is 4.79 Å². The number of fused-ring (bicyclic) bond motifs is 2. The SMILES string of the molecule is O=C(CI)N1CCc2c(c(N3CCCc4c3ccc(Br)c4Cl)nn2[C@H]2CCOC2)C1. The van der Waals surface area contributed by atoms with Gasteiger partial charge in [-0.25, -0.2) is 0 Å². The third-order valence-electron chi connectivity index (χ3n) is 6.31. The van der Waals surface area contributed by atoms with E-state index in [2.05, 4.69) is 54.2 Å². The van der Waals surface area contributed by atoms with Crippen LogP contribution in [0, 0.1) is 0 Å². The zero-order chi connectivity index (χ0) is 20.8. The number of halogens is 3. The molecule has 1 fully saturated rings. The summed E-state index contributed by atoms with van der Waals surface area (Å²) in [5, 5.41) is 5.92. The Bertz CT molecular complexity index is 992. The Kier molecular flexibility index (Phi) is 6.03. The summed E-state index contributed by atoms with van der Waals surface area (Å²) >= 11 is 12.3. The molecule has 9 heteroatoms. The van der Waals surface area contributed by atoms with Crippen LogP contribution in [-0.2, 0) is 28.9 Å². The Morgan fingerprint density at radius 3 is 2.93 bits per heavy atom. The number of carbonyl (C=O) groups excluding carboxylic acids is 1. The molecular weight excluding hydrogens is 583 g/mol. The minimum Gasteiger partial charge on any atom is -0.379 e. The van der Waals surface area contributed by atoms with Crippen molar-refractivity contribution < 1.29 is 9.53 Å². The van der Waals surface area contributed by atoms with Crippen molar-refractivity contribution in [3.63, 3.8) is 0 Å². The van der Waals surface area contributed by atoms with E-state index in [1.54, 1.807) is 0 Å². The Hall–Kier alpha value is -0.840. The summed E-state index contributed by atoms with van der Waals surface area (Å²) in [6, 6.07) is 4.42. The number of hydrogen-bond acceptors (Lipinski definition) is 4. The lowest BCUT2D eigenvalue weighted by molar-refractivity contribution is -0.129. The second kappa shape index (κ2) is 8.60. The highest BCUT2D eigenvalue weighted by atomic mass is 127. The maximum Gasteiger partial charge on any atom is 0.232 e. The number of alkyl halides is 1. The van der Waals surface area contributed by atoms with Crippen molar-refractivity contribution in [3.8, 4) is 0 Å². The van der Waals surface area contributed by atoms with Crippen molar-refractivity contribution in [3.05, 3.63) is 38.4 Å². The van der Waals surface area contributed by atoms with Gasteiger partial charge in [0.2, 0.25) is 5.91 Å². The summed E-state index contributed by atoms with van der Waals surface area (Å²) in [5.74, 6) is 1.16. The van der Waals surface area contributed by atoms with E-state index in [-0.39, 0.29) is 11.9 Å². The molecule has 3 aliphatic rings. The normalized spacial score (nSPS) is 21.0. The number of hydrogen-bond donors (Lipinski definition) is 0. The molecule has 0 spiro atoms. The third-order valence-corrected chi connectivity index (χ3v) is 8.28. The van der Waals surface area contributed by atoms with Gasteiger partial charge in [-0.2, -0.15) is 5.10 Å². The van der Waals surface area contributed by atoms with Crippen molar-refractivity contribution in [2.24, 2.45) is 0 Å². The van der Waals surface area contributed by atoms with Crippen LogP contribution in [0.25, 0.3) is 0 Å². The van der Waals surface area contributed by atoms with E-state index in [0.29, 0.717) is 17.6 Å². The van der Waals surface area contributed by atoms with Crippen LogP contribution in [0.5, 0.6) is 0 Å². The van der Waals surface area contributed by atoms with Crippen LogP contribution >= 0.6 is 50.1 Å². The summed E-state index contributed by atoms with van der Waals surface area (Å²) in [5.41, 5.74) is 4.73. The van der Waals surface area contributed by atoms with Gasteiger partial charge in [-0.1, -0.05) is 34.2 Å². The molecule has 2 aromatic rings. The molecule has 6 nitrogen and oxygen atoms in total. The molecule has 5 rings (SSSR count). The van der Waals surface area contributed by atoms with Gasteiger partial charge in [0.1, 0.15) is 0 Å². The molecule has 1 aromatic heterocycles. The number of anilines is 2. The van der Waals surface area contributed by atoms with Crippen LogP contribution in [0.2, 0.25) is 5.02 Å². The second-order valence-corrected chi connectivity index (χ2v) is 10.0. The second-order valence-electron chi connectivity index (χ2n) is 8.02. The Morgan fingerprint density at radius 2 is 2.17 bits per heavy atom. The zero-order valence-corrected chi connectivity index (χ0v) is 21.0. The van der Waals surface area contributed by atoms with Gasteiger partial charge in [-0.05, 0) is 52.9 Å². The first-order valence-corrected chi connectivity index (χ1v) is 13.0. The van der Waals surface area contributed by atoms with Gasteiger partial charge in [0, 0.05) is 47.5 Å². The number of aromatic nitrogens is 2. The predicted molar refractivity (Wildman–Crippen MR) is 129 cm³/mol. The Morgan fingerprint density at radius 1 is 1.30 bits per heavy atom. The van der Waals surface area contributed by atoms with E-state index in [1.807, 2.05) is 11.0 Å². The average Bonchev–Trinajstić information content (AvgIpc) is 3.43. The Balaban J connectivity index is 1.61. The van der Waals surface area contributed by atoms with E-state index in [0.717, 1.165) is 66.4 Å². The van der Waals surface area contributed by atoms with Crippen LogP contribution < -0.4 is 4.90 Å². The van der Waals surface area contributed by atoms with Gasteiger partial charge in [0.25, 0.3) is 0 Å². The molecule has 0 unspecified atom stereocenters. The smallest absolute Gasteiger partial charge is 0.232 e. The van der Waals surface area contributed by atoms with Gasteiger partial charge in [0.15, 0.2) is 5.82 Å². The largest absolute Gasteiger partial charge is 0.379 e. The summed E-state index contributed by atoms with van der Waals surface area (Å²) in [6.07, 6.45) is 3.80. The van der Waals surface area contributed by atoms with E-state index in [4.69, 9.17) is 21.4 Å². The quantitative estimate of drug-likeness (QED) is 0.377. The van der Waals surface area contributed by atoms with Crippen LogP contribution in [-0.4, -0.2) is 51.3 Å². The van der Waals surface area contributed by atoms with Gasteiger partial charge >= 0.3 is 0 Å². The monoisotopic (exact) mass is 604 g/mol. The first-order chi connectivity index (χ1) is 14.6. The van der Waals surface area contributed by atoms with E-state index < -0.39 is 0 Å². The third kappa shape index (κ3) is 3.57. The lowest BCUT2D eigenvalue weighted by Crippen LogP contribution is -2.37. The number of ether oxygens (including phenoxy) is 1. The highest BCUT2D eigenvalue weighted by molar-refractivity contribution is 14.1. The lowest BCUT2D eigenvalue weighted by atomic mass is 10.00. The van der Waals surface area contributed by atoms with Gasteiger partial charge in [-0.15, -0.1) is 0 Å². The predicted octanol–water partition coefficient (Wildman–Crippen LogP) is 4.66. The molecule has 1 atom stereocenters. The van der Waals surface area contributed by atoms with Crippen molar-refractivity contribution in [2.75, 3.05) is 35.6 Å². The minimum absolute atomic E-state index is 0.190. The van der Waals surface area contributed by atoms with Gasteiger partial charge in [-0.3, -0.25) is 9.48 Å².